The Kier molecular flexibility index (Phi) is 3.85. The van der Waals surface area contributed by atoms with E-state index in [0.29, 0.717) is 0 Å². The summed E-state index contributed by atoms with van der Waals surface area (Å²) in [6.45, 7) is 3.81. The molecule has 0 saturated carbocycles. The first-order valence-corrected chi connectivity index (χ1v) is 4.90. The Morgan fingerprint density at radius 2 is 2.40 bits per heavy atom. The Bertz CT molecular complexity index is 346. The average molecular weight is 212 g/mol. The molecule has 0 unspecified atom stereocenters. The van der Waals surface area contributed by atoms with Crippen molar-refractivity contribution in [2.45, 2.75) is 33.0 Å². The van der Waals surface area contributed by atoms with Crippen LogP contribution in [0, 0.1) is 0 Å². The molecule has 1 atom stereocenters. The van der Waals surface area contributed by atoms with E-state index in [1.165, 1.54) is 6.92 Å². The van der Waals surface area contributed by atoms with Crippen LogP contribution in [0.4, 0.5) is 0 Å². The minimum Gasteiger partial charge on any atom is -0.479 e. The lowest BCUT2D eigenvalue weighted by atomic mass is 10.3. The molecule has 5 heteroatoms. The van der Waals surface area contributed by atoms with Crippen LogP contribution in [0.2, 0.25) is 0 Å². The fourth-order valence-corrected chi connectivity index (χ4v) is 1.16. The van der Waals surface area contributed by atoms with Crippen molar-refractivity contribution in [2.24, 2.45) is 7.05 Å². The van der Waals surface area contributed by atoms with Crippen molar-refractivity contribution < 1.29 is 14.6 Å². The highest BCUT2D eigenvalue weighted by Gasteiger charge is 2.12. The second-order valence-electron chi connectivity index (χ2n) is 3.40. The second-order valence-corrected chi connectivity index (χ2v) is 3.40. The van der Waals surface area contributed by atoms with Crippen molar-refractivity contribution in [2.75, 3.05) is 0 Å². The molecule has 0 radical (unpaired) electrons. The SMILES string of the molecule is CCc1cc(CO[C@@H](C)C(=O)O)n(C)n1. The Morgan fingerprint density at radius 1 is 1.73 bits per heavy atom. The maximum Gasteiger partial charge on any atom is 0.332 e. The molecule has 0 bridgehead atoms. The number of nitrogens with zero attached hydrogens (tertiary/aromatic N) is 2. The maximum absolute atomic E-state index is 10.5. The highest BCUT2D eigenvalue weighted by molar-refractivity contribution is 5.71. The molecule has 84 valence electrons. The molecule has 1 heterocycles. The number of rotatable bonds is 5. The van der Waals surface area contributed by atoms with Crippen LogP contribution >= 0.6 is 0 Å². The number of carboxylic acid groups (broad SMARTS) is 1. The zero-order chi connectivity index (χ0) is 11.4. The van der Waals surface area contributed by atoms with E-state index in [4.69, 9.17) is 9.84 Å². The van der Waals surface area contributed by atoms with Gasteiger partial charge in [0.1, 0.15) is 0 Å². The minimum atomic E-state index is -0.951. The molecule has 0 fully saturated rings. The molecule has 1 aromatic rings. The number of aromatic nitrogens is 2. The molecule has 0 aliphatic carbocycles. The van der Waals surface area contributed by atoms with Crippen molar-refractivity contribution in [3.63, 3.8) is 0 Å². The molecule has 0 saturated heterocycles. The smallest absolute Gasteiger partial charge is 0.332 e. The van der Waals surface area contributed by atoms with Crippen molar-refractivity contribution in [3.05, 3.63) is 17.5 Å². The summed E-state index contributed by atoms with van der Waals surface area (Å²) in [7, 11) is 1.82. The first-order chi connectivity index (χ1) is 7.04. The van der Waals surface area contributed by atoms with Crippen LogP contribution in [0.3, 0.4) is 0 Å². The van der Waals surface area contributed by atoms with E-state index in [0.717, 1.165) is 17.8 Å². The quantitative estimate of drug-likeness (QED) is 0.790. The van der Waals surface area contributed by atoms with E-state index in [1.54, 1.807) is 4.68 Å². The van der Waals surface area contributed by atoms with Gasteiger partial charge in [0, 0.05) is 7.05 Å². The van der Waals surface area contributed by atoms with Crippen molar-refractivity contribution in [1.82, 2.24) is 9.78 Å². The van der Waals surface area contributed by atoms with Crippen LogP contribution in [0.1, 0.15) is 25.2 Å². The Hall–Kier alpha value is -1.36. The van der Waals surface area contributed by atoms with E-state index in [2.05, 4.69) is 5.10 Å². The number of hydrogen-bond acceptors (Lipinski definition) is 3. The summed E-state index contributed by atoms with van der Waals surface area (Å²) in [5, 5.41) is 12.9. The van der Waals surface area contributed by atoms with Gasteiger partial charge in [-0.05, 0) is 19.4 Å². The number of aliphatic carboxylic acids is 1. The summed E-state index contributed by atoms with van der Waals surface area (Å²) in [4.78, 5) is 10.5. The van der Waals surface area contributed by atoms with Crippen molar-refractivity contribution in [3.8, 4) is 0 Å². The van der Waals surface area contributed by atoms with Crippen LogP contribution in [0.5, 0.6) is 0 Å². The van der Waals surface area contributed by atoms with Crippen molar-refractivity contribution in [1.29, 1.82) is 0 Å². The van der Waals surface area contributed by atoms with Gasteiger partial charge in [0.15, 0.2) is 6.10 Å². The molecular formula is C10H16N2O3. The third kappa shape index (κ3) is 3.06. The standard InChI is InChI=1S/C10H16N2O3/c1-4-8-5-9(12(3)11-8)6-15-7(2)10(13)14/h5,7H,4,6H2,1-3H3,(H,13,14)/t7-/m0/s1. The summed E-state index contributed by atoms with van der Waals surface area (Å²) in [5.74, 6) is -0.951. The lowest BCUT2D eigenvalue weighted by Crippen LogP contribution is -2.20. The highest BCUT2D eigenvalue weighted by atomic mass is 16.5. The van der Waals surface area contributed by atoms with Crippen molar-refractivity contribution >= 4 is 5.97 Å². The number of carbonyl (C=O) groups is 1. The normalized spacial score (nSPS) is 12.7. The summed E-state index contributed by atoms with van der Waals surface area (Å²) in [6, 6.07) is 1.93. The molecule has 1 aromatic heterocycles. The molecule has 0 aliphatic rings. The molecule has 15 heavy (non-hydrogen) atoms. The highest BCUT2D eigenvalue weighted by Crippen LogP contribution is 2.06. The zero-order valence-corrected chi connectivity index (χ0v) is 9.23. The van der Waals surface area contributed by atoms with Crippen LogP contribution < -0.4 is 0 Å². The topological polar surface area (TPSA) is 64.3 Å². The van der Waals surface area contributed by atoms with Gasteiger partial charge in [-0.1, -0.05) is 6.92 Å². The molecule has 1 N–H and O–H groups in total. The van der Waals surface area contributed by atoms with Gasteiger partial charge in [0.2, 0.25) is 0 Å². The van der Waals surface area contributed by atoms with Gasteiger partial charge in [-0.15, -0.1) is 0 Å². The largest absolute Gasteiger partial charge is 0.479 e. The Morgan fingerprint density at radius 3 is 2.87 bits per heavy atom. The van der Waals surface area contributed by atoms with Gasteiger partial charge in [-0.3, -0.25) is 4.68 Å². The minimum absolute atomic E-state index is 0.275. The fourth-order valence-electron chi connectivity index (χ4n) is 1.16. The van der Waals surface area contributed by atoms with Gasteiger partial charge in [0.25, 0.3) is 0 Å². The van der Waals surface area contributed by atoms with Gasteiger partial charge < -0.3 is 9.84 Å². The number of ether oxygens (including phenoxy) is 1. The van der Waals surface area contributed by atoms with Gasteiger partial charge in [-0.2, -0.15) is 5.10 Å². The van der Waals surface area contributed by atoms with E-state index in [9.17, 15) is 4.79 Å². The summed E-state index contributed by atoms with van der Waals surface area (Å²) < 4.78 is 6.88. The van der Waals surface area contributed by atoms with E-state index >= 15 is 0 Å². The third-order valence-electron chi connectivity index (χ3n) is 2.22. The van der Waals surface area contributed by atoms with E-state index in [1.807, 2.05) is 20.0 Å². The first kappa shape index (κ1) is 11.7. The number of aryl methyl sites for hydroxylation is 2. The van der Waals surface area contributed by atoms with Crippen LogP contribution in [-0.2, 0) is 29.6 Å². The molecule has 0 aliphatic heterocycles. The summed E-state index contributed by atoms with van der Waals surface area (Å²) in [5.41, 5.74) is 1.87. The molecule has 1 rings (SSSR count). The number of hydrogen-bond donors (Lipinski definition) is 1. The van der Waals surface area contributed by atoms with Gasteiger partial charge >= 0.3 is 5.97 Å². The number of carboxylic acids is 1. The fraction of sp³-hybridized carbons (Fsp3) is 0.600. The average Bonchev–Trinajstić information content (AvgIpc) is 2.55. The maximum atomic E-state index is 10.5. The lowest BCUT2D eigenvalue weighted by molar-refractivity contribution is -0.150. The Labute approximate surface area is 88.7 Å². The summed E-state index contributed by atoms with van der Waals surface area (Å²) >= 11 is 0. The Balaban J connectivity index is 2.57. The van der Waals surface area contributed by atoms with E-state index in [-0.39, 0.29) is 6.61 Å². The third-order valence-corrected chi connectivity index (χ3v) is 2.22. The molecule has 0 aromatic carbocycles. The van der Waals surface area contributed by atoms with Crippen LogP contribution in [-0.4, -0.2) is 27.0 Å². The monoisotopic (exact) mass is 212 g/mol. The summed E-state index contributed by atoms with van der Waals surface area (Å²) in [6.07, 6.45) is 0.0764. The van der Waals surface area contributed by atoms with Gasteiger partial charge in [-0.25, -0.2) is 4.79 Å². The first-order valence-electron chi connectivity index (χ1n) is 4.90. The van der Waals surface area contributed by atoms with Crippen LogP contribution in [0.15, 0.2) is 6.07 Å². The predicted octanol–water partition coefficient (Wildman–Crippen LogP) is 0.972. The zero-order valence-electron chi connectivity index (χ0n) is 9.23. The van der Waals surface area contributed by atoms with Gasteiger partial charge in [0.05, 0.1) is 18.0 Å². The molecule has 0 amide bonds. The molecular weight excluding hydrogens is 196 g/mol. The molecule has 0 spiro atoms. The van der Waals surface area contributed by atoms with Crippen LogP contribution in [0.25, 0.3) is 0 Å². The second kappa shape index (κ2) is 4.93. The molecule has 5 nitrogen and oxygen atoms in total. The lowest BCUT2D eigenvalue weighted by Gasteiger charge is -2.07. The van der Waals surface area contributed by atoms with E-state index < -0.39 is 12.1 Å². The predicted molar refractivity (Wildman–Crippen MR) is 54.5 cm³/mol.